The van der Waals surface area contributed by atoms with E-state index in [4.69, 9.17) is 47.0 Å². The van der Waals surface area contributed by atoms with E-state index in [2.05, 4.69) is 50.7 Å². The van der Waals surface area contributed by atoms with Gasteiger partial charge in [-0.1, -0.05) is 89.4 Å². The first-order chi connectivity index (χ1) is 15.2. The zero-order chi connectivity index (χ0) is 23.1. The van der Waals surface area contributed by atoms with Crippen molar-refractivity contribution in [3.8, 4) is 0 Å². The number of thiocarbonyl (C=S) groups is 1. The number of hydrogen-bond donors (Lipinski definition) is 3. The Hall–Kier alpha value is -1.58. The molecule has 3 N–H and O–H groups in total. The maximum absolute atomic E-state index is 12.7. The topological polar surface area (TPSA) is 53.2 Å². The summed E-state index contributed by atoms with van der Waals surface area (Å²) in [5.41, 5.74) is 3.65. The zero-order valence-corrected chi connectivity index (χ0v) is 21.9. The Morgan fingerprint density at radius 3 is 2.09 bits per heavy atom. The molecule has 9 heteroatoms. The summed E-state index contributed by atoms with van der Waals surface area (Å²) >= 11 is 25.7. The molecular formula is C23H19Cl3IN3OS. The second kappa shape index (κ2) is 11.5. The molecule has 0 bridgehead atoms. The zero-order valence-electron chi connectivity index (χ0n) is 16.6. The first-order valence-corrected chi connectivity index (χ1v) is 12.2. The van der Waals surface area contributed by atoms with E-state index in [9.17, 15) is 4.79 Å². The normalized spacial score (nSPS) is 12.0. The first kappa shape index (κ1) is 25.1. The smallest absolute Gasteiger partial charge is 0.254 e. The van der Waals surface area contributed by atoms with Gasteiger partial charge in [0.2, 0.25) is 3.79 Å². The molecule has 0 saturated carbocycles. The molecule has 0 spiro atoms. The Kier molecular flexibility index (Phi) is 9.02. The van der Waals surface area contributed by atoms with Crippen LogP contribution in [0.4, 0.5) is 5.69 Å². The molecule has 0 aliphatic heterocycles. The minimum absolute atomic E-state index is 0.209. The van der Waals surface area contributed by atoms with E-state index in [0.29, 0.717) is 5.56 Å². The summed E-state index contributed by atoms with van der Waals surface area (Å²) in [6.07, 6.45) is -0.211. The molecule has 1 amide bonds. The van der Waals surface area contributed by atoms with E-state index >= 15 is 0 Å². The molecule has 3 rings (SSSR count). The molecular weight excluding hydrogens is 600 g/mol. The summed E-state index contributed by atoms with van der Waals surface area (Å²) in [4.78, 5) is 12.7. The molecule has 1 atom stereocenters. The monoisotopic (exact) mass is 617 g/mol. The average molecular weight is 619 g/mol. The van der Waals surface area contributed by atoms with Crippen LogP contribution in [0.5, 0.6) is 0 Å². The van der Waals surface area contributed by atoms with Gasteiger partial charge in [0.05, 0.1) is 5.56 Å². The van der Waals surface area contributed by atoms with Crippen LogP contribution in [0.3, 0.4) is 0 Å². The molecule has 3 aromatic rings. The standard InChI is InChI=1S/C23H19Cl3IN3OS/c24-23(25,26)21(29-20(31)18-8-4-5-9-19(18)27)30-22(32)28-17-12-10-16(11-13-17)14-15-6-2-1-3-7-15/h1-13,21H,14H2,(H,29,31)(H2,28,30,32)/t21-/m0/s1. The summed E-state index contributed by atoms with van der Waals surface area (Å²) < 4.78 is -1.05. The summed E-state index contributed by atoms with van der Waals surface area (Å²) in [6.45, 7) is 0. The van der Waals surface area contributed by atoms with Gasteiger partial charge in [-0.05, 0) is 76.6 Å². The number of benzene rings is 3. The summed E-state index contributed by atoms with van der Waals surface area (Å²) in [6, 6.07) is 25.2. The van der Waals surface area contributed by atoms with E-state index in [0.717, 1.165) is 15.7 Å². The van der Waals surface area contributed by atoms with Gasteiger partial charge < -0.3 is 16.0 Å². The van der Waals surface area contributed by atoms with Crippen molar-refractivity contribution in [2.24, 2.45) is 0 Å². The van der Waals surface area contributed by atoms with Crippen molar-refractivity contribution in [2.45, 2.75) is 16.4 Å². The van der Waals surface area contributed by atoms with E-state index in [1.807, 2.05) is 54.6 Å². The van der Waals surface area contributed by atoms with Crippen LogP contribution < -0.4 is 16.0 Å². The molecule has 0 aliphatic rings. The molecule has 0 radical (unpaired) electrons. The number of anilines is 1. The van der Waals surface area contributed by atoms with Gasteiger partial charge in [-0.25, -0.2) is 0 Å². The maximum Gasteiger partial charge on any atom is 0.254 e. The van der Waals surface area contributed by atoms with Gasteiger partial charge in [-0.2, -0.15) is 0 Å². The highest BCUT2D eigenvalue weighted by Crippen LogP contribution is 2.29. The lowest BCUT2D eigenvalue weighted by Gasteiger charge is -2.28. The molecule has 0 aliphatic carbocycles. The molecule has 0 heterocycles. The lowest BCUT2D eigenvalue weighted by molar-refractivity contribution is 0.0933. The molecule has 3 aromatic carbocycles. The largest absolute Gasteiger partial charge is 0.339 e. The highest BCUT2D eigenvalue weighted by atomic mass is 127. The Labute approximate surface area is 221 Å². The van der Waals surface area contributed by atoms with Crippen molar-refractivity contribution in [3.05, 3.63) is 99.1 Å². The Bertz CT molecular complexity index is 1080. The van der Waals surface area contributed by atoms with Crippen molar-refractivity contribution in [2.75, 3.05) is 5.32 Å². The van der Waals surface area contributed by atoms with Crippen LogP contribution in [-0.4, -0.2) is 21.0 Å². The first-order valence-electron chi connectivity index (χ1n) is 9.55. The molecule has 0 aromatic heterocycles. The molecule has 166 valence electrons. The van der Waals surface area contributed by atoms with Gasteiger partial charge in [-0.3, -0.25) is 4.79 Å². The van der Waals surface area contributed by atoms with E-state index in [1.54, 1.807) is 12.1 Å². The number of alkyl halides is 3. The van der Waals surface area contributed by atoms with E-state index in [1.165, 1.54) is 11.1 Å². The number of rotatable bonds is 6. The van der Waals surface area contributed by atoms with Crippen molar-refractivity contribution >= 4 is 86.3 Å². The average Bonchev–Trinajstić information content (AvgIpc) is 2.75. The number of halogens is 4. The van der Waals surface area contributed by atoms with Crippen LogP contribution in [0.25, 0.3) is 0 Å². The minimum Gasteiger partial charge on any atom is -0.339 e. The Morgan fingerprint density at radius 2 is 1.47 bits per heavy atom. The predicted molar refractivity (Wildman–Crippen MR) is 146 cm³/mol. The van der Waals surface area contributed by atoms with Gasteiger partial charge in [0.1, 0.15) is 6.17 Å². The van der Waals surface area contributed by atoms with Gasteiger partial charge in [0, 0.05) is 9.26 Å². The van der Waals surface area contributed by atoms with Crippen molar-refractivity contribution < 1.29 is 4.79 Å². The van der Waals surface area contributed by atoms with Crippen molar-refractivity contribution in [1.82, 2.24) is 10.6 Å². The van der Waals surface area contributed by atoms with Crippen LogP contribution in [0.2, 0.25) is 0 Å². The minimum atomic E-state index is -1.83. The van der Waals surface area contributed by atoms with Crippen LogP contribution in [0.15, 0.2) is 78.9 Å². The molecule has 0 unspecified atom stereocenters. The summed E-state index contributed by atoms with van der Waals surface area (Å²) in [5, 5.41) is 8.82. The van der Waals surface area contributed by atoms with Crippen LogP contribution in [-0.2, 0) is 6.42 Å². The van der Waals surface area contributed by atoms with Crippen LogP contribution in [0, 0.1) is 3.57 Å². The van der Waals surface area contributed by atoms with Crippen LogP contribution in [0.1, 0.15) is 21.5 Å². The second-order valence-corrected chi connectivity index (χ2v) is 10.8. The highest BCUT2D eigenvalue weighted by Gasteiger charge is 2.35. The summed E-state index contributed by atoms with van der Waals surface area (Å²) in [7, 11) is 0. The lowest BCUT2D eigenvalue weighted by atomic mass is 10.1. The fourth-order valence-corrected chi connectivity index (χ4v) is 4.09. The fourth-order valence-electron chi connectivity index (χ4n) is 2.89. The second-order valence-electron chi connectivity index (χ2n) is 6.89. The fraction of sp³-hybridized carbons (Fsp3) is 0.130. The van der Waals surface area contributed by atoms with Crippen molar-refractivity contribution in [3.63, 3.8) is 0 Å². The Morgan fingerprint density at radius 1 is 0.875 bits per heavy atom. The third kappa shape index (κ3) is 7.49. The van der Waals surface area contributed by atoms with E-state index < -0.39 is 9.96 Å². The number of amides is 1. The number of carbonyl (C=O) groups excluding carboxylic acids is 1. The van der Waals surface area contributed by atoms with Gasteiger partial charge in [0.15, 0.2) is 5.11 Å². The third-order valence-corrected chi connectivity index (χ3v) is 6.27. The quantitative estimate of drug-likeness (QED) is 0.132. The van der Waals surface area contributed by atoms with Gasteiger partial charge in [0.25, 0.3) is 5.91 Å². The SMILES string of the molecule is O=C(N[C@@H](NC(=S)Nc1ccc(Cc2ccccc2)cc1)C(Cl)(Cl)Cl)c1ccccc1I. The Balaban J connectivity index is 1.61. The number of nitrogens with one attached hydrogen (secondary N) is 3. The summed E-state index contributed by atoms with van der Waals surface area (Å²) in [5.74, 6) is -0.383. The highest BCUT2D eigenvalue weighted by molar-refractivity contribution is 14.1. The number of carbonyl (C=O) groups is 1. The van der Waals surface area contributed by atoms with E-state index in [-0.39, 0.29) is 11.0 Å². The third-order valence-electron chi connectivity index (χ3n) is 4.46. The predicted octanol–water partition coefficient (Wildman–Crippen LogP) is 6.29. The molecule has 4 nitrogen and oxygen atoms in total. The van der Waals surface area contributed by atoms with Crippen LogP contribution >= 0.6 is 69.6 Å². The number of hydrogen-bond acceptors (Lipinski definition) is 2. The van der Waals surface area contributed by atoms with Gasteiger partial charge in [-0.15, -0.1) is 0 Å². The maximum atomic E-state index is 12.7. The molecule has 32 heavy (non-hydrogen) atoms. The molecule has 0 fully saturated rings. The molecule has 0 saturated heterocycles. The lowest BCUT2D eigenvalue weighted by Crippen LogP contribution is -2.56. The van der Waals surface area contributed by atoms with Gasteiger partial charge >= 0.3 is 0 Å². The van der Waals surface area contributed by atoms with Crippen molar-refractivity contribution in [1.29, 1.82) is 0 Å².